The molecule has 0 saturated carbocycles. The van der Waals surface area contributed by atoms with Gasteiger partial charge in [-0.25, -0.2) is 0 Å². The summed E-state index contributed by atoms with van der Waals surface area (Å²) >= 11 is 0. The fourth-order valence-electron chi connectivity index (χ4n) is 0. The van der Waals surface area contributed by atoms with E-state index >= 15 is 0 Å². The predicted molar refractivity (Wildman–Crippen MR) is 16.4 cm³/mol. The van der Waals surface area contributed by atoms with Gasteiger partial charge in [0.25, 0.3) is 0 Å². The molecule has 0 aliphatic rings. The first-order valence-electron chi connectivity index (χ1n) is 1.35. The summed E-state index contributed by atoms with van der Waals surface area (Å²) in [4.78, 5) is 9.17. The monoisotopic (exact) mass is 148 g/mol. The summed E-state index contributed by atoms with van der Waals surface area (Å²) in [6.45, 7) is 1.81. The van der Waals surface area contributed by atoms with E-state index in [-0.39, 0.29) is 26.2 Å². The van der Waals surface area contributed by atoms with Gasteiger partial charge in [0.2, 0.25) is 0 Å². The Morgan fingerprint density at radius 2 is 2.00 bits per heavy atom. The van der Waals surface area contributed by atoms with Gasteiger partial charge >= 0.3 is 0 Å². The molecule has 0 saturated heterocycles. The first-order chi connectivity index (χ1) is 1.91. The summed E-state index contributed by atoms with van der Waals surface area (Å²) in [5, 5.41) is 0. The van der Waals surface area contributed by atoms with Crippen molar-refractivity contribution >= 4 is 6.29 Å². The summed E-state index contributed by atoms with van der Waals surface area (Å²) in [5.41, 5.74) is 0. The number of carbonyl (C=O) groups excluding carboxylic acids is 1. The number of rotatable bonds is 1. The van der Waals surface area contributed by atoms with E-state index < -0.39 is 0 Å². The Labute approximate surface area is 50.9 Å². The van der Waals surface area contributed by atoms with Crippen LogP contribution in [0.5, 0.6) is 0 Å². The van der Waals surface area contributed by atoms with Gasteiger partial charge in [-0.2, -0.15) is 0 Å². The average molecular weight is 149 g/mol. The minimum atomic E-state index is 0. The zero-order valence-electron chi connectivity index (χ0n) is 3.19. The van der Waals surface area contributed by atoms with E-state index in [0.717, 1.165) is 6.29 Å². The van der Waals surface area contributed by atoms with Gasteiger partial charge in [-0.1, -0.05) is 6.92 Å². The molecule has 28 valence electrons. The molecule has 2 heteroatoms. The molecule has 5 heavy (non-hydrogen) atoms. The van der Waals surface area contributed by atoms with E-state index in [1.807, 2.05) is 6.92 Å². The molecule has 0 aliphatic heterocycles. The second kappa shape index (κ2) is 8.82. The van der Waals surface area contributed by atoms with Crippen molar-refractivity contribution in [2.45, 2.75) is 13.3 Å². The molecule has 0 heterocycles. The third kappa shape index (κ3) is 12.3. The number of carbonyl (C=O) groups is 1. The molecule has 0 aromatic heterocycles. The van der Waals surface area contributed by atoms with Crippen LogP contribution in [0, 0.1) is 0 Å². The van der Waals surface area contributed by atoms with Gasteiger partial charge in [0, 0.05) is 32.6 Å². The van der Waals surface area contributed by atoms with Gasteiger partial charge in [-0.15, -0.1) is 0 Å². The molecule has 0 amide bonds. The second-order valence-electron chi connectivity index (χ2n) is 0.575. The van der Waals surface area contributed by atoms with Crippen molar-refractivity contribution in [2.75, 3.05) is 0 Å². The molecule has 0 aliphatic carbocycles. The topological polar surface area (TPSA) is 17.1 Å². The third-order valence-corrected chi connectivity index (χ3v) is 0.167. The van der Waals surface area contributed by atoms with Crippen LogP contribution in [-0.2, 0) is 31.0 Å². The third-order valence-electron chi connectivity index (χ3n) is 0.167. The van der Waals surface area contributed by atoms with E-state index in [4.69, 9.17) is 0 Å². The maximum Gasteiger partial charge on any atom is 0.119 e. The van der Waals surface area contributed by atoms with Crippen molar-refractivity contribution in [3.05, 3.63) is 0 Å². The maximum atomic E-state index is 9.17. The molecule has 0 radical (unpaired) electrons. The van der Waals surface area contributed by atoms with E-state index in [0.29, 0.717) is 6.42 Å². The maximum absolute atomic E-state index is 9.17. The van der Waals surface area contributed by atoms with E-state index in [2.05, 4.69) is 0 Å². The molecular weight excluding hydrogens is 143 g/mol. The Balaban J connectivity index is 0. The van der Waals surface area contributed by atoms with E-state index in [1.54, 1.807) is 0 Å². The van der Waals surface area contributed by atoms with Gasteiger partial charge in [0.05, 0.1) is 0 Å². The molecule has 0 atom stereocenters. The largest absolute Gasteiger partial charge is 0.303 e. The number of aldehydes is 1. The zero-order valence-corrected chi connectivity index (χ0v) is 5.65. The molecule has 0 aromatic rings. The van der Waals surface area contributed by atoms with Crippen molar-refractivity contribution in [3.8, 4) is 0 Å². The quantitative estimate of drug-likeness (QED) is 0.499. The smallest absolute Gasteiger partial charge is 0.119 e. The van der Waals surface area contributed by atoms with Gasteiger partial charge in [0.15, 0.2) is 0 Å². The predicted octanol–water partition coefficient (Wildman–Crippen LogP) is 0.593. The minimum Gasteiger partial charge on any atom is -0.303 e. The SMILES string of the molecule is CCC=O.[Zr]. The molecule has 0 bridgehead atoms. The van der Waals surface area contributed by atoms with Crippen LogP contribution >= 0.6 is 0 Å². The summed E-state index contributed by atoms with van der Waals surface area (Å²) in [5.74, 6) is 0. The van der Waals surface area contributed by atoms with Gasteiger partial charge in [0.1, 0.15) is 6.29 Å². The Morgan fingerprint density at radius 3 is 2.00 bits per heavy atom. The number of hydrogen-bond acceptors (Lipinski definition) is 1. The zero-order chi connectivity index (χ0) is 3.41. The summed E-state index contributed by atoms with van der Waals surface area (Å²) in [6, 6.07) is 0. The van der Waals surface area contributed by atoms with Crippen LogP contribution in [0.3, 0.4) is 0 Å². The standard InChI is InChI=1S/C3H6O.Zr/c1-2-3-4;/h3H,2H2,1H3;. The molecule has 0 aromatic carbocycles. The van der Waals surface area contributed by atoms with Crippen molar-refractivity contribution in [1.29, 1.82) is 0 Å². The van der Waals surface area contributed by atoms with Crippen molar-refractivity contribution in [1.82, 2.24) is 0 Å². The normalized spacial score (nSPS) is 5.00. The second-order valence-corrected chi connectivity index (χ2v) is 0.575. The van der Waals surface area contributed by atoms with Crippen LogP contribution in [0.1, 0.15) is 13.3 Å². The molecule has 0 unspecified atom stereocenters. The Hall–Kier alpha value is 0.553. The molecule has 0 spiro atoms. The van der Waals surface area contributed by atoms with Crippen LogP contribution in [0.15, 0.2) is 0 Å². The summed E-state index contributed by atoms with van der Waals surface area (Å²) < 4.78 is 0. The first-order valence-corrected chi connectivity index (χ1v) is 1.35. The minimum absolute atomic E-state index is 0. The van der Waals surface area contributed by atoms with Crippen molar-refractivity contribution in [2.24, 2.45) is 0 Å². The van der Waals surface area contributed by atoms with Crippen LogP contribution in [0.2, 0.25) is 0 Å². The summed E-state index contributed by atoms with van der Waals surface area (Å²) in [6.07, 6.45) is 1.51. The molecule has 0 fully saturated rings. The Kier molecular flexibility index (Phi) is 16.1. The van der Waals surface area contributed by atoms with Gasteiger partial charge in [-0.3, -0.25) is 0 Å². The van der Waals surface area contributed by atoms with Crippen molar-refractivity contribution in [3.63, 3.8) is 0 Å². The molecule has 0 N–H and O–H groups in total. The fourth-order valence-corrected chi connectivity index (χ4v) is 0. The number of hydrogen-bond donors (Lipinski definition) is 0. The molecule has 0 rings (SSSR count). The van der Waals surface area contributed by atoms with Crippen LogP contribution in [0.25, 0.3) is 0 Å². The van der Waals surface area contributed by atoms with E-state index in [1.165, 1.54) is 0 Å². The summed E-state index contributed by atoms with van der Waals surface area (Å²) in [7, 11) is 0. The van der Waals surface area contributed by atoms with Crippen molar-refractivity contribution < 1.29 is 31.0 Å². The van der Waals surface area contributed by atoms with E-state index in [9.17, 15) is 4.79 Å². The fraction of sp³-hybridized carbons (Fsp3) is 0.667. The van der Waals surface area contributed by atoms with Crippen LogP contribution < -0.4 is 0 Å². The average Bonchev–Trinajstić information content (AvgIpc) is 1.37. The van der Waals surface area contributed by atoms with Crippen LogP contribution in [-0.4, -0.2) is 6.29 Å². The molecular formula is C3H6OZr. The van der Waals surface area contributed by atoms with Gasteiger partial charge in [-0.05, 0) is 0 Å². The Bertz CT molecular complexity index is 20.9. The molecule has 1 nitrogen and oxygen atoms in total. The van der Waals surface area contributed by atoms with Gasteiger partial charge < -0.3 is 4.79 Å². The Morgan fingerprint density at radius 1 is 1.80 bits per heavy atom. The van der Waals surface area contributed by atoms with Crippen LogP contribution in [0.4, 0.5) is 0 Å². The first kappa shape index (κ1) is 9.12.